The topological polar surface area (TPSA) is 86.1 Å². The molecule has 7 nitrogen and oxygen atoms in total. The Kier molecular flexibility index (Phi) is 17.2. The number of rotatable bonds is 15. The fraction of sp³-hybridized carbons (Fsp3) is 0.341. The summed E-state index contributed by atoms with van der Waals surface area (Å²) in [5.41, 5.74) is -5.53. The molecule has 0 heterocycles. The molecule has 0 bridgehead atoms. The average Bonchev–Trinajstić information content (AvgIpc) is 3.17. The zero-order valence-corrected chi connectivity index (χ0v) is 34.3. The van der Waals surface area contributed by atoms with Crippen LogP contribution in [0.25, 0.3) is 0 Å². The summed E-state index contributed by atoms with van der Waals surface area (Å²) in [6.45, 7) is 2.62. The third kappa shape index (κ3) is 16.5. The molecule has 62 heavy (non-hydrogen) atoms. The molecule has 4 aromatic rings. The molecular formula is C41H42F12N7S2+. The molecule has 4 rings (SSSR count). The first-order valence-electron chi connectivity index (χ1n) is 18.9. The molecule has 0 spiro atoms. The Balaban J connectivity index is 1.57. The van der Waals surface area contributed by atoms with Gasteiger partial charge in [-0.1, -0.05) is 74.0 Å². The Morgan fingerprint density at radius 3 is 1.32 bits per heavy atom. The second-order valence-electron chi connectivity index (χ2n) is 14.0. The molecule has 0 fully saturated rings. The summed E-state index contributed by atoms with van der Waals surface area (Å²) in [5, 5.41) is 16.8. The van der Waals surface area contributed by atoms with Crippen molar-refractivity contribution < 1.29 is 57.7 Å². The zero-order chi connectivity index (χ0) is 45.7. The highest BCUT2D eigenvalue weighted by molar-refractivity contribution is 7.80. The summed E-state index contributed by atoms with van der Waals surface area (Å²) in [6.07, 6.45) is -18.2. The van der Waals surface area contributed by atoms with Gasteiger partial charge in [0.25, 0.3) is 0 Å². The van der Waals surface area contributed by atoms with Crippen molar-refractivity contribution in [2.75, 3.05) is 30.3 Å². The van der Waals surface area contributed by atoms with Gasteiger partial charge in [0.15, 0.2) is 10.2 Å². The summed E-state index contributed by atoms with van der Waals surface area (Å²) in [5.74, 6) is 0.385. The highest BCUT2D eigenvalue weighted by atomic mass is 32.1. The fourth-order valence-corrected chi connectivity index (χ4v) is 6.50. The van der Waals surface area contributed by atoms with Gasteiger partial charge >= 0.3 is 30.7 Å². The van der Waals surface area contributed by atoms with E-state index in [9.17, 15) is 52.7 Å². The molecule has 336 valence electrons. The van der Waals surface area contributed by atoms with E-state index in [1.807, 2.05) is 31.2 Å². The quantitative estimate of drug-likeness (QED) is 0.0210. The van der Waals surface area contributed by atoms with E-state index < -0.39 is 70.4 Å². The van der Waals surface area contributed by atoms with Gasteiger partial charge in [0, 0.05) is 11.4 Å². The third-order valence-corrected chi connectivity index (χ3v) is 9.33. The summed E-state index contributed by atoms with van der Waals surface area (Å²) in [6, 6.07) is 18.8. The summed E-state index contributed by atoms with van der Waals surface area (Å²) >= 11 is 10.7. The minimum Gasteiger partial charge on any atom is -0.356 e. The number of thiocarbonyl (C=S) groups is 2. The van der Waals surface area contributed by atoms with Gasteiger partial charge in [0.2, 0.25) is 0 Å². The van der Waals surface area contributed by atoms with E-state index in [2.05, 4.69) is 36.9 Å². The number of anilines is 2. The van der Waals surface area contributed by atoms with E-state index in [0.29, 0.717) is 36.8 Å². The Labute approximate surface area is 360 Å². The van der Waals surface area contributed by atoms with Gasteiger partial charge in [-0.2, -0.15) is 52.7 Å². The number of halogens is 12. The van der Waals surface area contributed by atoms with Crippen LogP contribution in [0, 0.1) is 0 Å². The second kappa shape index (κ2) is 21.7. The maximum Gasteiger partial charge on any atom is 0.416 e. The van der Waals surface area contributed by atoms with Crippen LogP contribution in [-0.2, 0) is 37.5 Å². The molecular weight excluding hydrogens is 883 g/mol. The first-order valence-corrected chi connectivity index (χ1v) is 19.7. The number of nitrogens with one attached hydrogen (secondary N) is 7. The van der Waals surface area contributed by atoms with Crippen molar-refractivity contribution in [1.82, 2.24) is 21.3 Å². The normalized spacial score (nSPS) is 13.5. The van der Waals surface area contributed by atoms with Crippen LogP contribution >= 0.6 is 24.4 Å². The number of alkyl halides is 12. The molecule has 0 saturated heterocycles. The van der Waals surface area contributed by atoms with Gasteiger partial charge in [0.1, 0.15) is 0 Å². The van der Waals surface area contributed by atoms with E-state index >= 15 is 0 Å². The monoisotopic (exact) mass is 924 g/mol. The number of guanidine groups is 1. The van der Waals surface area contributed by atoms with Crippen molar-refractivity contribution >= 4 is 52.0 Å². The number of benzene rings is 4. The highest BCUT2D eigenvalue weighted by Gasteiger charge is 2.38. The van der Waals surface area contributed by atoms with Crippen molar-refractivity contribution in [1.29, 1.82) is 0 Å². The molecule has 7 N–H and O–H groups in total. The lowest BCUT2D eigenvalue weighted by molar-refractivity contribution is -0.465. The van der Waals surface area contributed by atoms with E-state index in [1.54, 1.807) is 36.4 Å². The molecule has 0 radical (unpaired) electrons. The maximum absolute atomic E-state index is 13.5. The third-order valence-electron chi connectivity index (χ3n) is 8.89. The molecule has 0 amide bonds. The van der Waals surface area contributed by atoms with Crippen LogP contribution in [0.5, 0.6) is 0 Å². The number of hydrogen-bond donors (Lipinski definition) is 7. The minimum absolute atomic E-state index is 0.00703. The van der Waals surface area contributed by atoms with Crippen LogP contribution in [0.2, 0.25) is 0 Å². The van der Waals surface area contributed by atoms with Crippen LogP contribution in [0.4, 0.5) is 64.1 Å². The van der Waals surface area contributed by atoms with Crippen LogP contribution in [0.1, 0.15) is 53.1 Å². The lowest BCUT2D eigenvalue weighted by Gasteiger charge is -2.22. The van der Waals surface area contributed by atoms with Crippen molar-refractivity contribution in [2.24, 2.45) is 0 Å². The van der Waals surface area contributed by atoms with Gasteiger partial charge in [-0.25, -0.2) is 0 Å². The van der Waals surface area contributed by atoms with E-state index in [1.165, 1.54) is 0 Å². The van der Waals surface area contributed by atoms with Crippen LogP contribution in [0.15, 0.2) is 97.1 Å². The molecule has 4 aromatic carbocycles. The lowest BCUT2D eigenvalue weighted by atomic mass is 10.1. The molecule has 21 heteroatoms. The van der Waals surface area contributed by atoms with Gasteiger partial charge in [-0.15, -0.1) is 0 Å². The van der Waals surface area contributed by atoms with E-state index in [-0.39, 0.29) is 48.3 Å². The summed E-state index contributed by atoms with van der Waals surface area (Å²) < 4.78 is 162. The average molecular weight is 925 g/mol. The molecule has 0 unspecified atom stereocenters. The van der Waals surface area contributed by atoms with Gasteiger partial charge < -0.3 is 21.3 Å². The summed E-state index contributed by atoms with van der Waals surface area (Å²) in [7, 11) is 0. The maximum atomic E-state index is 13.5. The molecule has 0 aromatic heterocycles. The Morgan fingerprint density at radius 1 is 0.548 bits per heavy atom. The van der Waals surface area contributed by atoms with Gasteiger partial charge in [0.05, 0.1) is 54.0 Å². The molecule has 0 aliphatic rings. The second-order valence-corrected chi connectivity index (χ2v) is 14.8. The highest BCUT2D eigenvalue weighted by Crippen LogP contribution is 2.39. The predicted octanol–water partition coefficient (Wildman–Crippen LogP) is 8.67. The standard InChI is InChI=1S/C41H41F12N7S2/c1-2-3-14-54-35(55-23-33(15-25-10-6-4-7-11-25)59-36(61)57-31-19-27(38(42,43)44)17-28(20-31)39(45,46)47)56-24-34(16-26-12-8-5-9-13-26)60-37(62)58-32-21-29(40(48,49)50)18-30(22-32)41(51,52)53/h4-13,17-22,33-34H,2-3,14-16,23-24H2,1H3,(H2,54,55,56)(H2,57,59,61)(H2,58,60,62)/p+1/t33-,34-/m0/s1. The molecule has 0 saturated carbocycles. The van der Waals surface area contributed by atoms with Crippen LogP contribution in [0.3, 0.4) is 0 Å². The molecule has 0 aliphatic carbocycles. The lowest BCUT2D eigenvalue weighted by Crippen LogP contribution is -2.83. The fourth-order valence-electron chi connectivity index (χ4n) is 5.93. The van der Waals surface area contributed by atoms with Crippen LogP contribution in [-0.4, -0.2) is 47.9 Å². The van der Waals surface area contributed by atoms with Gasteiger partial charge in [-0.3, -0.25) is 15.6 Å². The smallest absolute Gasteiger partial charge is 0.356 e. The predicted molar refractivity (Wildman–Crippen MR) is 221 cm³/mol. The SMILES string of the molecule is CCCCNC(NC[C@H](Cc1ccccc1)NC(=S)Nc1cc(C(F)(F)F)cc(C(F)(F)F)c1)=[NH+]C[C@H](Cc1ccccc1)NC(=S)Nc1cc(C(F)(F)F)cc(C(F)(F)F)c1. The van der Waals surface area contributed by atoms with Crippen molar-refractivity contribution in [3.05, 3.63) is 130 Å². The Hall–Kier alpha value is -5.31. The first kappa shape index (κ1) is 49.3. The van der Waals surface area contributed by atoms with Crippen molar-refractivity contribution in [3.63, 3.8) is 0 Å². The van der Waals surface area contributed by atoms with E-state index in [0.717, 1.165) is 24.0 Å². The zero-order valence-electron chi connectivity index (χ0n) is 32.7. The van der Waals surface area contributed by atoms with E-state index in [4.69, 9.17) is 24.4 Å². The molecule has 2 atom stereocenters. The van der Waals surface area contributed by atoms with Crippen molar-refractivity contribution in [2.45, 2.75) is 69.4 Å². The van der Waals surface area contributed by atoms with Crippen molar-refractivity contribution in [3.8, 4) is 0 Å². The first-order chi connectivity index (χ1) is 29.0. The Morgan fingerprint density at radius 2 is 0.935 bits per heavy atom. The minimum atomic E-state index is -5.07. The Bertz CT molecular complexity index is 2040. The van der Waals surface area contributed by atoms with Crippen LogP contribution < -0.4 is 36.9 Å². The number of unbranched alkanes of at least 4 members (excludes halogenated alkanes) is 1. The molecule has 0 aliphatic heterocycles. The largest absolute Gasteiger partial charge is 0.416 e. The summed E-state index contributed by atoms with van der Waals surface area (Å²) in [4.78, 5) is 3.24. The number of hydrogen-bond acceptors (Lipinski definition) is 2. The van der Waals surface area contributed by atoms with Gasteiger partial charge in [-0.05, 0) is 91.2 Å².